The average molecular weight is 472 g/mol. The second kappa shape index (κ2) is 12.4. The van der Waals surface area contributed by atoms with Gasteiger partial charge in [-0.1, -0.05) is 27.7 Å². The fraction of sp³-hybridized carbons (Fsp3) is 0.880. The molecule has 2 N–H and O–H groups in total. The lowest BCUT2D eigenvalue weighted by Crippen LogP contribution is -2.56. The van der Waals surface area contributed by atoms with Crippen molar-refractivity contribution in [3.8, 4) is 0 Å². The first-order valence-corrected chi connectivity index (χ1v) is 12.0. The lowest BCUT2D eigenvalue weighted by atomic mass is 9.75. The molecule has 0 saturated carbocycles. The SMILES string of the molecule is CC[C@H]1OC(=O)[C@H](C)C(=O)[C@H](C)C[C@](C)(OC)C[C@@H](C)C(=NCCOC)[C@H](C)C(O)[C@]1(C)O. The highest BCUT2D eigenvalue weighted by atomic mass is 16.6. The highest BCUT2D eigenvalue weighted by molar-refractivity contribution is 5.99. The molecule has 8 nitrogen and oxygen atoms in total. The maximum Gasteiger partial charge on any atom is 0.316 e. The van der Waals surface area contributed by atoms with E-state index < -0.39 is 47.1 Å². The molecule has 192 valence electrons. The molecule has 0 radical (unpaired) electrons. The second-order valence-electron chi connectivity index (χ2n) is 10.1. The number of methoxy groups -OCH3 is 2. The number of cyclic esters (lactones) is 1. The average Bonchev–Trinajstić information content (AvgIpc) is 2.76. The molecule has 1 aliphatic rings. The molecule has 1 heterocycles. The molecule has 8 heteroatoms. The first-order valence-electron chi connectivity index (χ1n) is 12.0. The summed E-state index contributed by atoms with van der Waals surface area (Å²) in [6.07, 6.45) is -0.952. The Labute approximate surface area is 199 Å². The monoisotopic (exact) mass is 471 g/mol. The lowest BCUT2D eigenvalue weighted by molar-refractivity contribution is -0.186. The van der Waals surface area contributed by atoms with E-state index in [1.54, 1.807) is 28.1 Å². The molecule has 0 bridgehead atoms. The summed E-state index contributed by atoms with van der Waals surface area (Å²) in [6, 6.07) is 0. The zero-order valence-electron chi connectivity index (χ0n) is 21.9. The van der Waals surface area contributed by atoms with Gasteiger partial charge in [-0.25, -0.2) is 0 Å². The van der Waals surface area contributed by atoms with Crippen LogP contribution in [0.2, 0.25) is 0 Å². The minimum Gasteiger partial charge on any atom is -0.459 e. The number of ketones is 1. The highest BCUT2D eigenvalue weighted by Crippen LogP contribution is 2.35. The van der Waals surface area contributed by atoms with Crippen molar-refractivity contribution in [3.63, 3.8) is 0 Å². The van der Waals surface area contributed by atoms with Crippen LogP contribution in [0, 0.1) is 23.7 Å². The second-order valence-corrected chi connectivity index (χ2v) is 10.1. The zero-order valence-corrected chi connectivity index (χ0v) is 21.9. The predicted molar refractivity (Wildman–Crippen MR) is 127 cm³/mol. The number of carbonyl (C=O) groups excluding carboxylic acids is 2. The summed E-state index contributed by atoms with van der Waals surface area (Å²) >= 11 is 0. The maximum absolute atomic E-state index is 13.0. The minimum atomic E-state index is -1.74. The van der Waals surface area contributed by atoms with E-state index in [4.69, 9.17) is 19.2 Å². The quantitative estimate of drug-likeness (QED) is 0.360. The largest absolute Gasteiger partial charge is 0.459 e. The van der Waals surface area contributed by atoms with Crippen molar-refractivity contribution in [1.82, 2.24) is 0 Å². The number of hydrogen-bond acceptors (Lipinski definition) is 8. The van der Waals surface area contributed by atoms with Crippen molar-refractivity contribution in [1.29, 1.82) is 0 Å². The van der Waals surface area contributed by atoms with Crippen LogP contribution in [-0.2, 0) is 23.8 Å². The Morgan fingerprint density at radius 1 is 1.09 bits per heavy atom. The van der Waals surface area contributed by atoms with Gasteiger partial charge in [0.25, 0.3) is 0 Å². The standard InChI is InChI=1S/C25H45NO7/c1-10-19-25(7,30)22(28)17(4)20(26-11-12-31-8)15(2)13-24(6,32-9)14-16(3)21(27)18(5)23(29)33-19/h15-19,22,28,30H,10-14H2,1-9H3/t15-,16-,17+,18-,19-,22?,24-,25-/m1/s1. The number of hydrogen-bond donors (Lipinski definition) is 2. The van der Waals surface area contributed by atoms with Crippen molar-refractivity contribution >= 4 is 17.5 Å². The van der Waals surface area contributed by atoms with Crippen molar-refractivity contribution in [2.75, 3.05) is 27.4 Å². The van der Waals surface area contributed by atoms with Gasteiger partial charge >= 0.3 is 5.97 Å². The maximum atomic E-state index is 13.0. The van der Waals surface area contributed by atoms with Crippen LogP contribution in [0.3, 0.4) is 0 Å². The minimum absolute atomic E-state index is 0.0995. The van der Waals surface area contributed by atoms with E-state index in [2.05, 4.69) is 0 Å². The number of aliphatic imine (C=N–C) groups is 1. The number of nitrogens with zero attached hydrogens (tertiary/aromatic N) is 1. The highest BCUT2D eigenvalue weighted by Gasteiger charge is 2.46. The molecule has 0 aliphatic carbocycles. The van der Waals surface area contributed by atoms with Crippen molar-refractivity contribution < 1.29 is 34.0 Å². The van der Waals surface area contributed by atoms with E-state index in [1.165, 1.54) is 13.8 Å². The normalized spacial score (nSPS) is 41.0. The Morgan fingerprint density at radius 3 is 2.18 bits per heavy atom. The molecular formula is C25H45NO7. The first-order chi connectivity index (χ1) is 15.3. The molecule has 0 spiro atoms. The third-order valence-corrected chi connectivity index (χ3v) is 7.15. The number of ether oxygens (including phenoxy) is 3. The van der Waals surface area contributed by atoms with Crippen molar-refractivity contribution in [2.45, 2.75) is 91.1 Å². The number of rotatable bonds is 5. The Balaban J connectivity index is 3.54. The van der Waals surface area contributed by atoms with Gasteiger partial charge in [-0.3, -0.25) is 14.6 Å². The van der Waals surface area contributed by atoms with E-state index in [9.17, 15) is 19.8 Å². The lowest BCUT2D eigenvalue weighted by Gasteiger charge is -2.41. The number of esters is 1. The third-order valence-electron chi connectivity index (χ3n) is 7.15. The summed E-state index contributed by atoms with van der Waals surface area (Å²) in [4.78, 5) is 30.5. The molecule has 8 atom stereocenters. The molecule has 1 aliphatic heterocycles. The van der Waals surface area contributed by atoms with E-state index in [-0.39, 0.29) is 18.1 Å². The summed E-state index contributed by atoms with van der Waals surface area (Å²) in [6.45, 7) is 13.2. The van der Waals surface area contributed by atoms with Gasteiger partial charge in [0.2, 0.25) is 0 Å². The number of Topliss-reactive ketones (excluding diaryl/α,β-unsaturated/α-hetero) is 1. The molecule has 0 aromatic rings. The van der Waals surface area contributed by atoms with Crippen molar-refractivity contribution in [2.24, 2.45) is 28.7 Å². The fourth-order valence-electron chi connectivity index (χ4n) is 5.02. The van der Waals surface area contributed by atoms with Crippen LogP contribution in [-0.4, -0.2) is 78.5 Å². The molecule has 0 amide bonds. The topological polar surface area (TPSA) is 115 Å². The first kappa shape index (κ1) is 29.7. The van der Waals surface area contributed by atoms with Gasteiger partial charge in [-0.15, -0.1) is 0 Å². The van der Waals surface area contributed by atoms with Crippen LogP contribution in [0.1, 0.15) is 67.7 Å². The molecule has 1 rings (SSSR count). The fourth-order valence-corrected chi connectivity index (χ4v) is 5.02. The number of aliphatic hydroxyl groups is 2. The molecule has 1 saturated heterocycles. The summed E-state index contributed by atoms with van der Waals surface area (Å²) in [7, 11) is 3.21. The summed E-state index contributed by atoms with van der Waals surface area (Å²) in [5, 5.41) is 22.6. The van der Waals surface area contributed by atoms with Crippen LogP contribution in [0.25, 0.3) is 0 Å². The van der Waals surface area contributed by atoms with Gasteiger partial charge in [-0.2, -0.15) is 0 Å². The van der Waals surface area contributed by atoms with Gasteiger partial charge in [0.15, 0.2) is 0 Å². The number of aliphatic hydroxyl groups excluding tert-OH is 1. The zero-order chi connectivity index (χ0) is 25.6. The molecule has 1 fully saturated rings. The summed E-state index contributed by atoms with van der Waals surface area (Å²) in [5.41, 5.74) is -1.66. The van der Waals surface area contributed by atoms with Gasteiger partial charge in [0.1, 0.15) is 23.4 Å². The Morgan fingerprint density at radius 2 is 1.67 bits per heavy atom. The predicted octanol–water partition coefficient (Wildman–Crippen LogP) is 2.82. The van der Waals surface area contributed by atoms with Crippen molar-refractivity contribution in [3.05, 3.63) is 0 Å². The Bertz CT molecular complexity index is 692. The van der Waals surface area contributed by atoms with Crippen LogP contribution < -0.4 is 0 Å². The van der Waals surface area contributed by atoms with E-state index in [0.717, 1.165) is 5.71 Å². The number of carbonyl (C=O) groups is 2. The van der Waals surface area contributed by atoms with Crippen LogP contribution >= 0.6 is 0 Å². The summed E-state index contributed by atoms with van der Waals surface area (Å²) in [5.74, 6) is -2.95. The van der Waals surface area contributed by atoms with E-state index >= 15 is 0 Å². The van der Waals surface area contributed by atoms with Gasteiger partial charge in [0.05, 0.1) is 24.9 Å². The molecule has 33 heavy (non-hydrogen) atoms. The van der Waals surface area contributed by atoms with Gasteiger partial charge < -0.3 is 24.4 Å². The summed E-state index contributed by atoms with van der Waals surface area (Å²) < 4.78 is 16.6. The van der Waals surface area contributed by atoms with Crippen LogP contribution in [0.4, 0.5) is 0 Å². The van der Waals surface area contributed by atoms with Crippen LogP contribution in [0.15, 0.2) is 4.99 Å². The smallest absolute Gasteiger partial charge is 0.316 e. The Kier molecular flexibility index (Phi) is 11.1. The molecule has 0 aromatic heterocycles. The Hall–Kier alpha value is -1.35. The van der Waals surface area contributed by atoms with Gasteiger partial charge in [-0.05, 0) is 46.0 Å². The van der Waals surface area contributed by atoms with Crippen LogP contribution in [0.5, 0.6) is 0 Å². The van der Waals surface area contributed by atoms with Gasteiger partial charge in [0, 0.05) is 31.8 Å². The molecular weight excluding hydrogens is 426 g/mol. The van der Waals surface area contributed by atoms with E-state index in [1.807, 2.05) is 20.8 Å². The molecule has 0 aromatic carbocycles. The van der Waals surface area contributed by atoms with E-state index in [0.29, 0.717) is 26.0 Å². The third kappa shape index (κ3) is 7.31. The molecule has 1 unspecified atom stereocenters.